The standard InChI is InChI=1S/C19H20FN7OS/c1-25-17(14-3-5-15(20)6-4-14)23-24-19(25)29-13-16(28)26-9-11-27(12-10-26)18-21-7-2-8-22-18/h2-8H,9-13H2,1H3. The van der Waals surface area contributed by atoms with Crippen molar-refractivity contribution in [2.24, 2.45) is 7.05 Å². The molecule has 10 heteroatoms. The summed E-state index contributed by atoms with van der Waals surface area (Å²) in [6.07, 6.45) is 3.44. The van der Waals surface area contributed by atoms with Gasteiger partial charge in [0.15, 0.2) is 11.0 Å². The lowest BCUT2D eigenvalue weighted by molar-refractivity contribution is -0.128. The second-order valence-corrected chi connectivity index (χ2v) is 7.52. The predicted octanol–water partition coefficient (Wildman–Crippen LogP) is 1.85. The summed E-state index contributed by atoms with van der Waals surface area (Å²) in [5, 5.41) is 8.99. The Hall–Kier alpha value is -3.01. The first-order valence-corrected chi connectivity index (χ1v) is 10.2. The van der Waals surface area contributed by atoms with Crippen molar-refractivity contribution in [2.45, 2.75) is 5.16 Å². The highest BCUT2D eigenvalue weighted by atomic mass is 32.2. The molecule has 0 spiro atoms. The largest absolute Gasteiger partial charge is 0.338 e. The van der Waals surface area contributed by atoms with Crippen molar-refractivity contribution in [1.29, 1.82) is 0 Å². The van der Waals surface area contributed by atoms with E-state index in [1.165, 1.54) is 23.9 Å². The summed E-state index contributed by atoms with van der Waals surface area (Å²) < 4.78 is 14.9. The minimum atomic E-state index is -0.296. The molecule has 150 valence electrons. The average Bonchev–Trinajstić information content (AvgIpc) is 3.13. The molecule has 0 unspecified atom stereocenters. The van der Waals surface area contributed by atoms with Gasteiger partial charge >= 0.3 is 0 Å². The van der Waals surface area contributed by atoms with Crippen LogP contribution in [0.2, 0.25) is 0 Å². The molecule has 0 aliphatic carbocycles. The maximum Gasteiger partial charge on any atom is 0.233 e. The number of carbonyl (C=O) groups is 1. The number of anilines is 1. The molecule has 1 aliphatic heterocycles. The van der Waals surface area contributed by atoms with Crippen LogP contribution >= 0.6 is 11.8 Å². The molecular weight excluding hydrogens is 393 g/mol. The maximum absolute atomic E-state index is 13.1. The van der Waals surface area contributed by atoms with Gasteiger partial charge < -0.3 is 14.4 Å². The fraction of sp³-hybridized carbons (Fsp3) is 0.316. The third-order valence-electron chi connectivity index (χ3n) is 4.73. The van der Waals surface area contributed by atoms with Gasteiger partial charge in [0.2, 0.25) is 11.9 Å². The van der Waals surface area contributed by atoms with E-state index in [4.69, 9.17) is 0 Å². The van der Waals surface area contributed by atoms with E-state index in [9.17, 15) is 9.18 Å². The third-order valence-corrected chi connectivity index (χ3v) is 5.73. The number of thioether (sulfide) groups is 1. The normalized spacial score (nSPS) is 14.3. The Bertz CT molecular complexity index is 972. The van der Waals surface area contributed by atoms with Gasteiger partial charge in [-0.2, -0.15) is 0 Å². The van der Waals surface area contributed by atoms with Gasteiger partial charge in [-0.25, -0.2) is 14.4 Å². The fourth-order valence-electron chi connectivity index (χ4n) is 3.12. The van der Waals surface area contributed by atoms with E-state index in [-0.39, 0.29) is 17.5 Å². The molecule has 1 amide bonds. The summed E-state index contributed by atoms with van der Waals surface area (Å²) in [5.41, 5.74) is 0.777. The van der Waals surface area contributed by atoms with Crippen LogP contribution in [0.15, 0.2) is 47.9 Å². The number of benzene rings is 1. The highest BCUT2D eigenvalue weighted by Gasteiger charge is 2.23. The van der Waals surface area contributed by atoms with Crippen LogP contribution in [-0.2, 0) is 11.8 Å². The zero-order valence-electron chi connectivity index (χ0n) is 15.9. The Morgan fingerprint density at radius 1 is 1.07 bits per heavy atom. The van der Waals surface area contributed by atoms with Crippen molar-refractivity contribution in [1.82, 2.24) is 29.6 Å². The summed E-state index contributed by atoms with van der Waals surface area (Å²) in [6, 6.07) is 7.89. The van der Waals surface area contributed by atoms with Gasteiger partial charge in [0.05, 0.1) is 5.75 Å². The molecule has 8 nitrogen and oxygen atoms in total. The van der Waals surface area contributed by atoms with Crippen molar-refractivity contribution < 1.29 is 9.18 Å². The number of nitrogens with zero attached hydrogens (tertiary/aromatic N) is 7. The summed E-state index contributed by atoms with van der Waals surface area (Å²) in [5.74, 6) is 1.39. The van der Waals surface area contributed by atoms with Crippen LogP contribution in [0.4, 0.5) is 10.3 Å². The molecule has 1 aliphatic rings. The zero-order chi connectivity index (χ0) is 20.2. The van der Waals surface area contributed by atoms with Crippen LogP contribution in [0.3, 0.4) is 0 Å². The number of hydrogen-bond donors (Lipinski definition) is 0. The van der Waals surface area contributed by atoms with E-state index in [0.29, 0.717) is 43.1 Å². The van der Waals surface area contributed by atoms with Gasteiger partial charge in [-0.3, -0.25) is 4.79 Å². The molecule has 3 aromatic rings. The Balaban J connectivity index is 1.32. The van der Waals surface area contributed by atoms with E-state index in [1.807, 2.05) is 16.5 Å². The Labute approximate surface area is 171 Å². The Morgan fingerprint density at radius 3 is 2.45 bits per heavy atom. The molecule has 2 aromatic heterocycles. The van der Waals surface area contributed by atoms with E-state index in [2.05, 4.69) is 25.1 Å². The van der Waals surface area contributed by atoms with Crippen molar-refractivity contribution in [2.75, 3.05) is 36.8 Å². The SMILES string of the molecule is Cn1c(SCC(=O)N2CCN(c3ncccn3)CC2)nnc1-c1ccc(F)cc1. The Kier molecular flexibility index (Phi) is 5.70. The molecule has 0 saturated carbocycles. The molecule has 1 saturated heterocycles. The highest BCUT2D eigenvalue weighted by Crippen LogP contribution is 2.23. The smallest absolute Gasteiger partial charge is 0.233 e. The number of rotatable bonds is 5. The van der Waals surface area contributed by atoms with E-state index < -0.39 is 0 Å². The van der Waals surface area contributed by atoms with Gasteiger partial charge in [-0.15, -0.1) is 10.2 Å². The third kappa shape index (κ3) is 4.37. The van der Waals surface area contributed by atoms with E-state index in [0.717, 1.165) is 5.56 Å². The predicted molar refractivity (Wildman–Crippen MR) is 108 cm³/mol. The molecule has 1 fully saturated rings. The molecule has 3 heterocycles. The van der Waals surface area contributed by atoms with Gasteiger partial charge in [0.25, 0.3) is 0 Å². The van der Waals surface area contributed by atoms with Crippen LogP contribution in [0.25, 0.3) is 11.4 Å². The molecule has 0 N–H and O–H groups in total. The first kappa shape index (κ1) is 19.3. The first-order valence-electron chi connectivity index (χ1n) is 9.19. The van der Waals surface area contributed by atoms with Crippen LogP contribution in [0, 0.1) is 5.82 Å². The summed E-state index contributed by atoms with van der Waals surface area (Å²) in [6.45, 7) is 2.69. The van der Waals surface area contributed by atoms with Gasteiger partial charge in [-0.1, -0.05) is 11.8 Å². The van der Waals surface area contributed by atoms with E-state index in [1.54, 1.807) is 30.6 Å². The average molecular weight is 413 g/mol. The first-order chi connectivity index (χ1) is 14.1. The topological polar surface area (TPSA) is 80.0 Å². The van der Waals surface area contributed by atoms with Crippen molar-refractivity contribution >= 4 is 23.6 Å². The van der Waals surface area contributed by atoms with Crippen LogP contribution in [0.1, 0.15) is 0 Å². The highest BCUT2D eigenvalue weighted by molar-refractivity contribution is 7.99. The van der Waals surface area contributed by atoms with Crippen LogP contribution in [-0.4, -0.2) is 67.5 Å². The van der Waals surface area contributed by atoms with Crippen LogP contribution in [0.5, 0.6) is 0 Å². The molecule has 4 rings (SSSR count). The van der Waals surface area contributed by atoms with Gasteiger partial charge in [-0.05, 0) is 30.3 Å². The van der Waals surface area contributed by atoms with Crippen molar-refractivity contribution in [3.8, 4) is 11.4 Å². The number of carbonyl (C=O) groups excluding carboxylic acids is 1. The zero-order valence-corrected chi connectivity index (χ0v) is 16.7. The molecule has 0 atom stereocenters. The lowest BCUT2D eigenvalue weighted by atomic mass is 10.2. The lowest BCUT2D eigenvalue weighted by Gasteiger charge is -2.34. The minimum absolute atomic E-state index is 0.0648. The van der Waals surface area contributed by atoms with Gasteiger partial charge in [0, 0.05) is 51.2 Å². The Morgan fingerprint density at radius 2 is 1.76 bits per heavy atom. The summed E-state index contributed by atoms with van der Waals surface area (Å²) in [7, 11) is 1.84. The second-order valence-electron chi connectivity index (χ2n) is 6.58. The van der Waals surface area contributed by atoms with E-state index >= 15 is 0 Å². The maximum atomic E-state index is 13.1. The minimum Gasteiger partial charge on any atom is -0.338 e. The van der Waals surface area contributed by atoms with Gasteiger partial charge in [0.1, 0.15) is 5.82 Å². The number of halogens is 1. The lowest BCUT2D eigenvalue weighted by Crippen LogP contribution is -2.49. The van der Waals surface area contributed by atoms with Crippen LogP contribution < -0.4 is 4.90 Å². The molecule has 1 aromatic carbocycles. The quantitative estimate of drug-likeness (QED) is 0.591. The number of aromatic nitrogens is 5. The van der Waals surface area contributed by atoms with Crippen molar-refractivity contribution in [3.63, 3.8) is 0 Å². The fourth-order valence-corrected chi connectivity index (χ4v) is 3.93. The molecular formula is C19H20FN7OS. The number of piperazine rings is 1. The molecule has 0 bridgehead atoms. The molecule has 29 heavy (non-hydrogen) atoms. The number of amides is 1. The second kappa shape index (κ2) is 8.56. The summed E-state index contributed by atoms with van der Waals surface area (Å²) >= 11 is 1.35. The monoisotopic (exact) mass is 413 g/mol. The van der Waals surface area contributed by atoms with Crippen molar-refractivity contribution in [3.05, 3.63) is 48.5 Å². The molecule has 0 radical (unpaired) electrons. The summed E-state index contributed by atoms with van der Waals surface area (Å²) in [4.78, 5) is 25.0. The number of hydrogen-bond acceptors (Lipinski definition) is 7.